The zero-order chi connectivity index (χ0) is 32.0. The molecule has 12 nitrogen and oxygen atoms in total. The van der Waals surface area contributed by atoms with Crippen LogP contribution in [0.25, 0.3) is 0 Å². The molecule has 41 heavy (non-hydrogen) atoms. The van der Waals surface area contributed by atoms with Crippen molar-refractivity contribution >= 4 is 30.2 Å². The number of nitrogens with zero attached hydrogens (tertiary/aromatic N) is 1. The third-order valence-corrected chi connectivity index (χ3v) is 5.54. The fraction of sp³-hybridized carbons (Fsp3) is 0.828. The summed E-state index contributed by atoms with van der Waals surface area (Å²) in [4.78, 5) is 57.5. The molecule has 2 fully saturated rings. The van der Waals surface area contributed by atoms with E-state index in [4.69, 9.17) is 14.2 Å². The number of carbonyl (C=O) groups excluding carboxylic acids is 5. The van der Waals surface area contributed by atoms with E-state index in [-0.39, 0.29) is 29.7 Å². The number of nitrogens with one attached hydrogen (secondary N) is 1. The number of hydrogen-bond donors (Lipinski definition) is 1. The second-order valence-corrected chi connectivity index (χ2v) is 12.9. The standard InChI is InChI=1S/C12H21NO3.C10H18O5.C7H13NO2/c1-9(14)10-5-7-13(8-6-10)11(15)16-12(2,3)4;1-9(2,3)14-7(11)13-8(12)15-10(4,5)6;1-10-7(9)6-2-4-8-5-3-6/h10H,5-8H2,1-4H3;1-6H3;6,8H,2-5H2,1H3. The zero-order valence-corrected chi connectivity index (χ0v) is 26.8. The van der Waals surface area contributed by atoms with Gasteiger partial charge in [0.05, 0.1) is 13.0 Å². The number of rotatable bonds is 2. The average molecular weight is 589 g/mol. The summed E-state index contributed by atoms with van der Waals surface area (Å²) in [5.74, 6) is 0.440. The van der Waals surface area contributed by atoms with Crippen LogP contribution in [0.1, 0.15) is 94.9 Å². The van der Waals surface area contributed by atoms with Crippen LogP contribution in [-0.4, -0.2) is 85.1 Å². The summed E-state index contributed by atoms with van der Waals surface area (Å²) in [6.45, 7) is 20.3. The Bertz CT molecular complexity index is 828. The van der Waals surface area contributed by atoms with Gasteiger partial charge in [0.25, 0.3) is 0 Å². The first-order valence-electron chi connectivity index (χ1n) is 14.0. The average Bonchev–Trinajstić information content (AvgIpc) is 2.81. The normalized spacial score (nSPS) is 16.5. The number of likely N-dealkylation sites (tertiary alicyclic amines) is 1. The summed E-state index contributed by atoms with van der Waals surface area (Å²) < 4.78 is 23.7. The lowest BCUT2D eigenvalue weighted by Crippen LogP contribution is -2.42. The second-order valence-electron chi connectivity index (χ2n) is 12.9. The molecule has 2 rings (SSSR count). The van der Waals surface area contributed by atoms with Gasteiger partial charge in [-0.15, -0.1) is 0 Å². The van der Waals surface area contributed by atoms with E-state index in [9.17, 15) is 24.0 Å². The molecule has 0 aromatic carbocycles. The van der Waals surface area contributed by atoms with Crippen molar-refractivity contribution in [3.63, 3.8) is 0 Å². The molecule has 0 spiro atoms. The number of piperidine rings is 2. The molecule has 2 aliphatic rings. The Balaban J connectivity index is 0.000000600. The van der Waals surface area contributed by atoms with E-state index in [1.54, 1.807) is 53.4 Å². The highest BCUT2D eigenvalue weighted by molar-refractivity contribution is 5.79. The van der Waals surface area contributed by atoms with Crippen molar-refractivity contribution in [2.24, 2.45) is 11.8 Å². The van der Waals surface area contributed by atoms with Crippen molar-refractivity contribution in [3.05, 3.63) is 0 Å². The molecule has 238 valence electrons. The Morgan fingerprint density at radius 2 is 1.07 bits per heavy atom. The predicted octanol–water partition coefficient (Wildman–Crippen LogP) is 5.25. The van der Waals surface area contributed by atoms with Crippen molar-refractivity contribution in [2.45, 2.75) is 112 Å². The van der Waals surface area contributed by atoms with E-state index in [1.807, 2.05) is 20.8 Å². The lowest BCUT2D eigenvalue weighted by Gasteiger charge is -2.32. The van der Waals surface area contributed by atoms with Gasteiger partial charge in [-0.1, -0.05) is 0 Å². The summed E-state index contributed by atoms with van der Waals surface area (Å²) >= 11 is 0. The van der Waals surface area contributed by atoms with Crippen molar-refractivity contribution in [3.8, 4) is 0 Å². The predicted molar refractivity (Wildman–Crippen MR) is 152 cm³/mol. The molecule has 2 saturated heterocycles. The molecule has 2 heterocycles. The lowest BCUT2D eigenvalue weighted by atomic mass is 9.94. The molecular weight excluding hydrogens is 536 g/mol. The maximum atomic E-state index is 11.7. The fourth-order valence-corrected chi connectivity index (χ4v) is 3.63. The Hall–Kier alpha value is -2.89. The molecule has 2 aliphatic heterocycles. The van der Waals surface area contributed by atoms with E-state index in [1.165, 1.54) is 7.11 Å². The van der Waals surface area contributed by atoms with Gasteiger partial charge >= 0.3 is 24.4 Å². The van der Waals surface area contributed by atoms with Gasteiger partial charge in [0.15, 0.2) is 0 Å². The van der Waals surface area contributed by atoms with Gasteiger partial charge in [-0.2, -0.15) is 0 Å². The molecule has 0 aromatic heterocycles. The molecule has 1 amide bonds. The fourth-order valence-electron chi connectivity index (χ4n) is 3.63. The minimum Gasteiger partial charge on any atom is -0.469 e. The van der Waals surface area contributed by atoms with Crippen LogP contribution < -0.4 is 5.32 Å². The second kappa shape index (κ2) is 17.2. The van der Waals surface area contributed by atoms with Crippen LogP contribution in [0.2, 0.25) is 0 Å². The van der Waals surface area contributed by atoms with Gasteiger partial charge in [-0.05, 0) is 108 Å². The Morgan fingerprint density at radius 1 is 0.659 bits per heavy atom. The van der Waals surface area contributed by atoms with Crippen LogP contribution in [0, 0.1) is 11.8 Å². The van der Waals surface area contributed by atoms with E-state index < -0.39 is 29.1 Å². The number of ketones is 1. The van der Waals surface area contributed by atoms with Crippen molar-refractivity contribution in [1.29, 1.82) is 0 Å². The summed E-state index contributed by atoms with van der Waals surface area (Å²) in [5.41, 5.74) is -1.84. The van der Waals surface area contributed by atoms with Gasteiger partial charge < -0.3 is 33.9 Å². The van der Waals surface area contributed by atoms with Gasteiger partial charge in [-0.3, -0.25) is 9.59 Å². The molecule has 0 radical (unpaired) electrons. The largest absolute Gasteiger partial charge is 0.519 e. The molecule has 12 heteroatoms. The topological polar surface area (TPSA) is 147 Å². The number of ether oxygens (including phenoxy) is 5. The lowest BCUT2D eigenvalue weighted by molar-refractivity contribution is -0.146. The van der Waals surface area contributed by atoms with Crippen LogP contribution in [0.4, 0.5) is 14.4 Å². The summed E-state index contributed by atoms with van der Waals surface area (Å²) in [5, 5.41) is 3.19. The Kier molecular flexibility index (Phi) is 15.9. The van der Waals surface area contributed by atoms with E-state index in [2.05, 4.69) is 14.8 Å². The Morgan fingerprint density at radius 3 is 1.41 bits per heavy atom. The number of amides is 1. The highest BCUT2D eigenvalue weighted by atomic mass is 16.8. The first-order chi connectivity index (χ1) is 18.6. The first-order valence-corrected chi connectivity index (χ1v) is 14.0. The van der Waals surface area contributed by atoms with Crippen LogP contribution in [0.15, 0.2) is 0 Å². The van der Waals surface area contributed by atoms with Crippen molar-refractivity contribution in [1.82, 2.24) is 10.2 Å². The quantitative estimate of drug-likeness (QED) is 0.256. The number of esters is 1. The Labute approximate surface area is 245 Å². The van der Waals surface area contributed by atoms with Crippen molar-refractivity contribution in [2.75, 3.05) is 33.3 Å². The zero-order valence-electron chi connectivity index (χ0n) is 26.8. The molecule has 0 atom stereocenters. The molecule has 0 unspecified atom stereocenters. The molecule has 0 aromatic rings. The number of hydrogen-bond acceptors (Lipinski definition) is 11. The summed E-state index contributed by atoms with van der Waals surface area (Å²) in [6, 6.07) is 0. The summed E-state index contributed by atoms with van der Waals surface area (Å²) in [6.07, 6.45) is 0.977. The van der Waals surface area contributed by atoms with E-state index >= 15 is 0 Å². The van der Waals surface area contributed by atoms with Crippen LogP contribution in [-0.2, 0) is 33.3 Å². The molecule has 0 bridgehead atoms. The molecule has 0 saturated carbocycles. The third kappa shape index (κ3) is 19.8. The maximum absolute atomic E-state index is 11.7. The minimum atomic E-state index is -1.06. The van der Waals surface area contributed by atoms with Gasteiger partial charge in [-0.25, -0.2) is 14.4 Å². The highest BCUT2D eigenvalue weighted by Gasteiger charge is 2.28. The van der Waals surface area contributed by atoms with Crippen LogP contribution in [0.3, 0.4) is 0 Å². The SMILES string of the molecule is CC(=O)C1CCN(C(=O)OC(C)(C)C)CC1.CC(C)(C)OC(=O)OC(=O)OC(C)(C)C.COC(=O)C1CCNCC1. The monoisotopic (exact) mass is 588 g/mol. The number of carbonyl (C=O) groups is 5. The van der Waals surface area contributed by atoms with Gasteiger partial charge in [0.2, 0.25) is 0 Å². The molecular formula is C29H52N2O10. The number of methoxy groups -OCH3 is 1. The van der Waals surface area contributed by atoms with Crippen LogP contribution in [0.5, 0.6) is 0 Å². The summed E-state index contributed by atoms with van der Waals surface area (Å²) in [7, 11) is 1.45. The van der Waals surface area contributed by atoms with Gasteiger partial charge in [0, 0.05) is 19.0 Å². The molecule has 1 N–H and O–H groups in total. The number of Topliss-reactive ketones (excluding diaryl/α,β-unsaturated/α-hetero) is 1. The van der Waals surface area contributed by atoms with Gasteiger partial charge in [0.1, 0.15) is 22.6 Å². The molecule has 0 aliphatic carbocycles. The van der Waals surface area contributed by atoms with Crippen LogP contribution >= 0.6 is 0 Å². The maximum Gasteiger partial charge on any atom is 0.519 e. The third-order valence-electron chi connectivity index (χ3n) is 5.54. The first kappa shape index (κ1) is 38.1. The van der Waals surface area contributed by atoms with Crippen molar-refractivity contribution < 1.29 is 47.7 Å². The smallest absolute Gasteiger partial charge is 0.469 e. The van der Waals surface area contributed by atoms with E-state index in [0.717, 1.165) is 38.8 Å². The minimum absolute atomic E-state index is 0.0542. The van der Waals surface area contributed by atoms with E-state index in [0.29, 0.717) is 13.1 Å². The highest BCUT2D eigenvalue weighted by Crippen LogP contribution is 2.20.